The predicted octanol–water partition coefficient (Wildman–Crippen LogP) is 2.59. The van der Waals surface area contributed by atoms with Gasteiger partial charge >= 0.3 is 0 Å². The van der Waals surface area contributed by atoms with Crippen molar-refractivity contribution in [2.75, 3.05) is 17.9 Å². The van der Waals surface area contributed by atoms with Crippen LogP contribution in [0.1, 0.15) is 17.3 Å². The van der Waals surface area contributed by atoms with E-state index in [1.54, 1.807) is 36.4 Å². The van der Waals surface area contributed by atoms with E-state index < -0.39 is 0 Å². The summed E-state index contributed by atoms with van der Waals surface area (Å²) in [6.45, 7) is 1.48. The van der Waals surface area contributed by atoms with Gasteiger partial charge in [-0.05, 0) is 25.1 Å². The number of H-pyrrole nitrogens is 1. The first-order valence-corrected chi connectivity index (χ1v) is 9.36. The number of Topliss-reactive ketones (excluding diaryl/α,β-unsaturated/α-hetero) is 1. The molecule has 0 saturated carbocycles. The summed E-state index contributed by atoms with van der Waals surface area (Å²) in [7, 11) is 0. The van der Waals surface area contributed by atoms with Crippen LogP contribution in [-0.2, 0) is 4.79 Å². The fourth-order valence-corrected chi connectivity index (χ4v) is 3.46. The van der Waals surface area contributed by atoms with E-state index in [2.05, 4.69) is 15.3 Å². The lowest BCUT2D eigenvalue weighted by molar-refractivity contribution is -0.113. The van der Waals surface area contributed by atoms with Gasteiger partial charge in [-0.3, -0.25) is 14.4 Å². The van der Waals surface area contributed by atoms with Gasteiger partial charge in [0.1, 0.15) is 0 Å². The van der Waals surface area contributed by atoms with E-state index in [4.69, 9.17) is 9.47 Å². The summed E-state index contributed by atoms with van der Waals surface area (Å²) in [5.74, 6) is 0.389. The van der Waals surface area contributed by atoms with E-state index >= 15 is 0 Å². The SMILES string of the molecule is CC(=O)c1cc2c(cc1NC(=O)CSc1nc3ccccc3c(=O)[nH]1)OCO2. The van der Waals surface area contributed by atoms with Gasteiger partial charge in [-0.15, -0.1) is 0 Å². The number of hydrogen-bond donors (Lipinski definition) is 2. The number of amides is 1. The van der Waals surface area contributed by atoms with Crippen molar-refractivity contribution in [1.82, 2.24) is 9.97 Å². The van der Waals surface area contributed by atoms with Crippen LogP contribution >= 0.6 is 11.8 Å². The second kappa shape index (κ2) is 7.35. The monoisotopic (exact) mass is 397 g/mol. The van der Waals surface area contributed by atoms with Gasteiger partial charge in [-0.2, -0.15) is 0 Å². The van der Waals surface area contributed by atoms with Crippen molar-refractivity contribution >= 4 is 40.0 Å². The van der Waals surface area contributed by atoms with Crippen molar-refractivity contribution in [3.05, 3.63) is 52.3 Å². The standard InChI is InChI=1S/C19H15N3O5S/c1-10(23)12-6-15-16(27-9-26-15)7-14(12)20-17(24)8-28-19-21-13-5-3-2-4-11(13)18(25)22-19/h2-7H,8-9H2,1H3,(H,20,24)(H,21,22,25). The van der Waals surface area contributed by atoms with Gasteiger partial charge in [-0.1, -0.05) is 23.9 Å². The maximum atomic E-state index is 12.4. The number of aromatic nitrogens is 2. The molecular formula is C19H15N3O5S. The molecule has 1 aromatic heterocycles. The molecule has 1 aliphatic heterocycles. The summed E-state index contributed by atoms with van der Waals surface area (Å²) >= 11 is 1.10. The maximum Gasteiger partial charge on any atom is 0.259 e. The molecule has 0 bridgehead atoms. The number of ether oxygens (including phenoxy) is 2. The van der Waals surface area contributed by atoms with Gasteiger partial charge in [0.25, 0.3) is 5.56 Å². The molecule has 9 heteroatoms. The van der Waals surface area contributed by atoms with Crippen molar-refractivity contribution in [1.29, 1.82) is 0 Å². The van der Waals surface area contributed by atoms with Crippen LogP contribution in [0.15, 0.2) is 46.3 Å². The molecule has 28 heavy (non-hydrogen) atoms. The van der Waals surface area contributed by atoms with Crippen molar-refractivity contribution in [2.45, 2.75) is 12.1 Å². The minimum absolute atomic E-state index is 0.00701. The number of ketones is 1. The first kappa shape index (κ1) is 18.1. The Kier molecular flexibility index (Phi) is 4.74. The Morgan fingerprint density at radius 1 is 1.21 bits per heavy atom. The highest BCUT2D eigenvalue weighted by Crippen LogP contribution is 2.37. The Balaban J connectivity index is 1.50. The number of aromatic amines is 1. The minimum atomic E-state index is -0.345. The topological polar surface area (TPSA) is 110 Å². The first-order valence-electron chi connectivity index (χ1n) is 8.37. The molecule has 0 fully saturated rings. The Labute approximate surface area is 163 Å². The normalized spacial score (nSPS) is 12.2. The maximum absolute atomic E-state index is 12.4. The number of nitrogens with zero attached hydrogens (tertiary/aromatic N) is 1. The Morgan fingerprint density at radius 2 is 1.96 bits per heavy atom. The third-order valence-electron chi connectivity index (χ3n) is 4.10. The highest BCUT2D eigenvalue weighted by molar-refractivity contribution is 7.99. The van der Waals surface area contributed by atoms with Crippen LogP contribution in [0, 0.1) is 0 Å². The number of hydrogen-bond acceptors (Lipinski definition) is 7. The molecule has 0 spiro atoms. The molecule has 0 saturated heterocycles. The molecule has 2 heterocycles. The lowest BCUT2D eigenvalue weighted by Crippen LogP contribution is -2.17. The molecule has 3 aromatic rings. The first-order chi connectivity index (χ1) is 13.5. The van der Waals surface area contributed by atoms with Crippen molar-refractivity contribution in [3.63, 3.8) is 0 Å². The number of carbonyl (C=O) groups is 2. The number of benzene rings is 2. The third kappa shape index (κ3) is 3.56. The van der Waals surface area contributed by atoms with E-state index in [0.717, 1.165) is 11.8 Å². The average Bonchev–Trinajstić information content (AvgIpc) is 3.13. The van der Waals surface area contributed by atoms with E-state index in [-0.39, 0.29) is 29.8 Å². The molecule has 0 unspecified atom stereocenters. The molecule has 0 radical (unpaired) electrons. The molecule has 4 rings (SSSR count). The summed E-state index contributed by atoms with van der Waals surface area (Å²) in [5, 5.41) is 3.54. The molecule has 0 aliphatic carbocycles. The Bertz CT molecular complexity index is 1160. The Morgan fingerprint density at radius 3 is 2.75 bits per heavy atom. The van der Waals surface area contributed by atoms with Crippen LogP contribution < -0.4 is 20.3 Å². The summed E-state index contributed by atoms with van der Waals surface area (Å²) in [6.07, 6.45) is 0. The van der Waals surface area contributed by atoms with Gasteiger partial charge in [-0.25, -0.2) is 4.98 Å². The Hall–Kier alpha value is -3.33. The van der Waals surface area contributed by atoms with E-state index in [0.29, 0.717) is 38.8 Å². The van der Waals surface area contributed by atoms with Gasteiger partial charge in [0, 0.05) is 11.6 Å². The molecule has 2 N–H and O–H groups in total. The molecule has 1 aliphatic rings. The van der Waals surface area contributed by atoms with Crippen molar-refractivity contribution in [3.8, 4) is 11.5 Å². The minimum Gasteiger partial charge on any atom is -0.454 e. The van der Waals surface area contributed by atoms with Crippen molar-refractivity contribution in [2.24, 2.45) is 0 Å². The van der Waals surface area contributed by atoms with E-state index in [1.807, 2.05) is 0 Å². The molecular weight excluding hydrogens is 382 g/mol. The smallest absolute Gasteiger partial charge is 0.259 e. The molecule has 8 nitrogen and oxygen atoms in total. The predicted molar refractivity (Wildman–Crippen MR) is 104 cm³/mol. The second-order valence-corrected chi connectivity index (χ2v) is 7.00. The van der Waals surface area contributed by atoms with Crippen LogP contribution in [-0.4, -0.2) is 34.2 Å². The highest BCUT2D eigenvalue weighted by Gasteiger charge is 2.20. The average molecular weight is 397 g/mol. The number of anilines is 1. The van der Waals surface area contributed by atoms with E-state index in [9.17, 15) is 14.4 Å². The van der Waals surface area contributed by atoms with Gasteiger partial charge in [0.05, 0.1) is 22.3 Å². The number of nitrogens with one attached hydrogen (secondary N) is 2. The summed E-state index contributed by atoms with van der Waals surface area (Å²) in [4.78, 5) is 43.4. The molecule has 0 atom stereocenters. The van der Waals surface area contributed by atoms with E-state index in [1.165, 1.54) is 6.92 Å². The van der Waals surface area contributed by atoms with Crippen molar-refractivity contribution < 1.29 is 19.1 Å². The summed E-state index contributed by atoms with van der Waals surface area (Å²) in [6, 6.07) is 10.1. The lowest BCUT2D eigenvalue weighted by atomic mass is 10.1. The van der Waals surface area contributed by atoms with Crippen LogP contribution in [0.3, 0.4) is 0 Å². The molecule has 142 valence electrons. The number of thioether (sulfide) groups is 1. The number of para-hydroxylation sites is 1. The second-order valence-electron chi connectivity index (χ2n) is 6.03. The van der Waals surface area contributed by atoms with Crippen LogP contribution in [0.2, 0.25) is 0 Å². The van der Waals surface area contributed by atoms with Crippen LogP contribution in [0.5, 0.6) is 11.5 Å². The van der Waals surface area contributed by atoms with Gasteiger partial charge < -0.3 is 19.8 Å². The number of fused-ring (bicyclic) bond motifs is 2. The largest absolute Gasteiger partial charge is 0.454 e. The zero-order chi connectivity index (χ0) is 19.7. The fourth-order valence-electron chi connectivity index (χ4n) is 2.79. The number of carbonyl (C=O) groups excluding carboxylic acids is 2. The zero-order valence-electron chi connectivity index (χ0n) is 14.8. The highest BCUT2D eigenvalue weighted by atomic mass is 32.2. The number of rotatable bonds is 5. The van der Waals surface area contributed by atoms with Gasteiger partial charge in [0.2, 0.25) is 12.7 Å². The van der Waals surface area contributed by atoms with Crippen LogP contribution in [0.25, 0.3) is 10.9 Å². The third-order valence-corrected chi connectivity index (χ3v) is 4.97. The summed E-state index contributed by atoms with van der Waals surface area (Å²) < 4.78 is 10.6. The fraction of sp³-hybridized carbons (Fsp3) is 0.158. The zero-order valence-corrected chi connectivity index (χ0v) is 15.6. The lowest BCUT2D eigenvalue weighted by Gasteiger charge is -2.10. The van der Waals surface area contributed by atoms with Crippen LogP contribution in [0.4, 0.5) is 5.69 Å². The molecule has 1 amide bonds. The molecule has 2 aromatic carbocycles. The van der Waals surface area contributed by atoms with Gasteiger partial charge in [0.15, 0.2) is 22.4 Å². The summed E-state index contributed by atoms with van der Waals surface area (Å²) in [5.41, 5.74) is 0.981. The quantitative estimate of drug-likeness (QED) is 0.387.